The van der Waals surface area contributed by atoms with E-state index in [1.807, 2.05) is 4.83 Å². The number of pyridine rings is 1. The van der Waals surface area contributed by atoms with Crippen molar-refractivity contribution < 1.29 is 44.5 Å². The molecule has 1 aliphatic rings. The molecule has 28 heavy (non-hydrogen) atoms. The van der Waals surface area contributed by atoms with E-state index in [2.05, 4.69) is 5.43 Å². The maximum Gasteiger partial charge on any atom is 0.328 e. The summed E-state index contributed by atoms with van der Waals surface area (Å²) < 4.78 is 28.6. The number of amides is 2. The van der Waals surface area contributed by atoms with Gasteiger partial charge in [0.2, 0.25) is 16.6 Å². The molecule has 10 nitrogen and oxygen atoms in total. The molecule has 2 N–H and O–H groups in total. The fraction of sp³-hybridized carbons (Fsp3) is 0.500. The number of hydrazine groups is 1. The number of nitrogens with zero attached hydrogens (tertiary/aromatic N) is 2. The number of nitrogens with one attached hydrogen (secondary N) is 2. The third kappa shape index (κ3) is 6.73. The number of carbonyl (C=O) groups excluding carboxylic acids is 3. The summed E-state index contributed by atoms with van der Waals surface area (Å²) in [6.45, 7) is 2.38. The maximum absolute atomic E-state index is 12.6. The van der Waals surface area contributed by atoms with E-state index in [0.717, 1.165) is 12.7 Å². The van der Waals surface area contributed by atoms with Crippen LogP contribution in [-0.4, -0.2) is 56.6 Å². The molecule has 2 heterocycles. The van der Waals surface area contributed by atoms with Crippen LogP contribution in [0.25, 0.3) is 0 Å². The van der Waals surface area contributed by atoms with E-state index in [1.165, 1.54) is 21.7 Å². The van der Waals surface area contributed by atoms with Gasteiger partial charge in [-0.25, -0.2) is 13.2 Å². The van der Waals surface area contributed by atoms with E-state index in [9.17, 15) is 22.8 Å². The van der Waals surface area contributed by atoms with Crippen LogP contribution in [0.1, 0.15) is 30.1 Å². The van der Waals surface area contributed by atoms with Crippen LogP contribution < -0.4 is 27.2 Å². The van der Waals surface area contributed by atoms with Gasteiger partial charge >= 0.3 is 5.97 Å². The van der Waals surface area contributed by atoms with Gasteiger partial charge in [0.25, 0.3) is 11.8 Å². The molecule has 1 unspecified atom stereocenters. The number of sulfonamides is 1. The molecule has 2 amide bonds. The fourth-order valence-electron chi connectivity index (χ4n) is 2.76. The average Bonchev–Trinajstić information content (AvgIpc) is 3.09. The molecule has 0 saturated carbocycles. The van der Waals surface area contributed by atoms with E-state index < -0.39 is 27.9 Å². The van der Waals surface area contributed by atoms with Gasteiger partial charge in [-0.3, -0.25) is 15.0 Å². The molecule has 1 saturated heterocycles. The lowest BCUT2D eigenvalue weighted by Gasteiger charge is -2.21. The van der Waals surface area contributed by atoms with Crippen molar-refractivity contribution in [1.29, 1.82) is 0 Å². The zero-order valence-electron chi connectivity index (χ0n) is 15.6. The number of hydrogen-bond acceptors (Lipinski definition) is 6. The fourth-order valence-corrected chi connectivity index (χ4v) is 3.04. The van der Waals surface area contributed by atoms with Gasteiger partial charge in [0, 0.05) is 12.6 Å². The molecule has 1 aliphatic heterocycles. The van der Waals surface area contributed by atoms with Crippen molar-refractivity contribution in [2.24, 2.45) is 0 Å². The van der Waals surface area contributed by atoms with Crippen LogP contribution in [0.5, 0.6) is 0 Å². The Bertz CT molecular complexity index is 832. The molecule has 1 aromatic heterocycles. The predicted octanol–water partition coefficient (Wildman–Crippen LogP) is -4.27. The molecule has 0 aromatic carbocycles. The normalized spacial score (nSPS) is 16.2. The van der Waals surface area contributed by atoms with Crippen LogP contribution >= 0.6 is 0 Å². The second kappa shape index (κ2) is 10.3. The zero-order valence-corrected chi connectivity index (χ0v) is 17.1. The largest absolute Gasteiger partial charge is 1.00 e. The van der Waals surface area contributed by atoms with Gasteiger partial charge in [-0.15, -0.1) is 4.83 Å². The van der Waals surface area contributed by atoms with Gasteiger partial charge in [-0.2, -0.15) is 4.57 Å². The first kappa shape index (κ1) is 23.8. The first-order valence-corrected chi connectivity index (χ1v) is 10.3. The molecule has 0 radical (unpaired) electrons. The Morgan fingerprint density at radius 3 is 2.71 bits per heavy atom. The SMILES string of the molecule is CCOC(=O)C1CCCN1C(=O)C[n+]1cccc(C(=O)NNS(C)(=O)=O)c1.[Cl-]. The summed E-state index contributed by atoms with van der Waals surface area (Å²) in [6.07, 6.45) is 5.22. The lowest BCUT2D eigenvalue weighted by Crippen LogP contribution is -3.00. The molecule has 1 aromatic rings. The summed E-state index contributed by atoms with van der Waals surface area (Å²) in [5.74, 6) is -1.33. The average molecular weight is 435 g/mol. The van der Waals surface area contributed by atoms with Crippen LogP contribution in [0.4, 0.5) is 0 Å². The first-order valence-electron chi connectivity index (χ1n) is 8.43. The maximum atomic E-state index is 12.6. The smallest absolute Gasteiger partial charge is 0.328 e. The first-order chi connectivity index (χ1) is 12.7. The molecule has 12 heteroatoms. The molecule has 156 valence electrons. The van der Waals surface area contributed by atoms with Crippen LogP contribution in [0, 0.1) is 0 Å². The Balaban J connectivity index is 0.00000392. The quantitative estimate of drug-likeness (QED) is 0.254. The standard InChI is InChI=1S/C16H22N4O6S.ClH/c1-3-26-16(23)13-7-5-9-20(13)14(21)11-19-8-4-6-12(10-19)15(22)17-18-27(2,24)25;/h4,6,8,10,13,18H,3,5,7,9,11H2,1-2H3;1H. The molecular formula is C16H23ClN4O6S. The van der Waals surface area contributed by atoms with Gasteiger partial charge in [0.15, 0.2) is 12.4 Å². The Labute approximate surface area is 169 Å². The molecule has 2 rings (SSSR count). The van der Waals surface area contributed by atoms with Crippen molar-refractivity contribution in [1.82, 2.24) is 15.2 Å². The highest BCUT2D eigenvalue weighted by Crippen LogP contribution is 2.18. The van der Waals surface area contributed by atoms with Crippen LogP contribution in [0.2, 0.25) is 0 Å². The third-order valence-corrected chi connectivity index (χ3v) is 4.39. The number of aromatic nitrogens is 1. The number of ether oxygens (including phenoxy) is 1. The highest BCUT2D eigenvalue weighted by Gasteiger charge is 2.36. The van der Waals surface area contributed by atoms with E-state index in [0.29, 0.717) is 13.0 Å². The summed E-state index contributed by atoms with van der Waals surface area (Å²) in [5, 5.41) is 0. The molecule has 1 atom stereocenters. The minimum atomic E-state index is -3.58. The van der Waals surface area contributed by atoms with Gasteiger partial charge in [0.05, 0.1) is 12.9 Å². The number of carbonyl (C=O) groups is 3. The van der Waals surface area contributed by atoms with Crippen molar-refractivity contribution in [3.8, 4) is 0 Å². The summed E-state index contributed by atoms with van der Waals surface area (Å²) in [6, 6.07) is 2.47. The molecule has 0 aliphatic carbocycles. The topological polar surface area (TPSA) is 126 Å². The van der Waals surface area contributed by atoms with Crippen LogP contribution in [-0.2, 0) is 30.9 Å². The highest BCUT2D eigenvalue weighted by atomic mass is 35.5. The molecular weight excluding hydrogens is 412 g/mol. The lowest BCUT2D eigenvalue weighted by molar-refractivity contribution is -0.685. The summed E-state index contributed by atoms with van der Waals surface area (Å²) in [7, 11) is -3.58. The van der Waals surface area contributed by atoms with Gasteiger partial charge in [-0.05, 0) is 25.8 Å². The van der Waals surface area contributed by atoms with E-state index >= 15 is 0 Å². The van der Waals surface area contributed by atoms with Crippen molar-refractivity contribution >= 4 is 27.8 Å². The van der Waals surface area contributed by atoms with Gasteiger partial charge in [-0.1, -0.05) is 0 Å². The second-order valence-electron chi connectivity index (χ2n) is 6.09. The van der Waals surface area contributed by atoms with Crippen molar-refractivity contribution in [3.05, 3.63) is 30.1 Å². The van der Waals surface area contributed by atoms with Crippen molar-refractivity contribution in [3.63, 3.8) is 0 Å². The van der Waals surface area contributed by atoms with Gasteiger partial charge in [0.1, 0.15) is 11.6 Å². The Morgan fingerprint density at radius 1 is 1.36 bits per heavy atom. The Kier molecular flexibility index (Phi) is 8.79. The summed E-state index contributed by atoms with van der Waals surface area (Å²) in [4.78, 5) is 39.9. The number of likely N-dealkylation sites (tertiary alicyclic amines) is 1. The van der Waals surface area contributed by atoms with E-state index in [1.54, 1.807) is 19.2 Å². The second-order valence-corrected chi connectivity index (χ2v) is 7.84. The molecule has 0 spiro atoms. The molecule has 1 fully saturated rings. The van der Waals surface area contributed by atoms with Crippen molar-refractivity contribution in [2.75, 3.05) is 19.4 Å². The number of esters is 1. The Hall–Kier alpha value is -2.24. The van der Waals surface area contributed by atoms with Crippen LogP contribution in [0.3, 0.4) is 0 Å². The Morgan fingerprint density at radius 2 is 2.07 bits per heavy atom. The number of halogens is 1. The van der Waals surface area contributed by atoms with Crippen LogP contribution in [0.15, 0.2) is 24.5 Å². The third-order valence-electron chi connectivity index (χ3n) is 3.92. The minimum Gasteiger partial charge on any atom is -1.00 e. The lowest BCUT2D eigenvalue weighted by atomic mass is 10.2. The van der Waals surface area contributed by atoms with Gasteiger partial charge < -0.3 is 22.0 Å². The molecule has 0 bridgehead atoms. The van der Waals surface area contributed by atoms with E-state index in [4.69, 9.17) is 4.74 Å². The number of hydrogen-bond donors (Lipinski definition) is 2. The van der Waals surface area contributed by atoms with Crippen molar-refractivity contribution in [2.45, 2.75) is 32.4 Å². The summed E-state index contributed by atoms with van der Waals surface area (Å²) in [5.41, 5.74) is 2.23. The van der Waals surface area contributed by atoms with E-state index in [-0.39, 0.29) is 37.0 Å². The monoisotopic (exact) mass is 434 g/mol. The number of rotatable bonds is 7. The predicted molar refractivity (Wildman–Crippen MR) is 93.5 cm³/mol. The zero-order chi connectivity index (χ0) is 20.0. The summed E-state index contributed by atoms with van der Waals surface area (Å²) >= 11 is 0. The highest BCUT2D eigenvalue weighted by molar-refractivity contribution is 7.88. The minimum absolute atomic E-state index is 0.